The summed E-state index contributed by atoms with van der Waals surface area (Å²) < 4.78 is 9.12. The minimum absolute atomic E-state index is 0.132. The maximum Gasteiger partial charge on any atom is 0.179 e. The van der Waals surface area contributed by atoms with Crippen molar-refractivity contribution in [3.05, 3.63) is 128 Å². The average molecular weight is 533 g/mol. The van der Waals surface area contributed by atoms with E-state index in [1.807, 2.05) is 36.7 Å². The van der Waals surface area contributed by atoms with Gasteiger partial charge >= 0.3 is 0 Å². The molecule has 6 aromatic rings. The Labute approximate surface area is 238 Å². The van der Waals surface area contributed by atoms with Crippen LogP contribution in [0.25, 0.3) is 50.0 Å². The summed E-state index contributed by atoms with van der Waals surface area (Å²) >= 11 is 0. The second-order valence-electron chi connectivity index (χ2n) is 11.0. The predicted octanol–water partition coefficient (Wildman–Crippen LogP) is 8.56. The zero-order chi connectivity index (χ0) is 27.4. The van der Waals surface area contributed by atoms with Gasteiger partial charge in [-0.05, 0) is 67.1 Å². The first-order chi connectivity index (χ1) is 20.2. The van der Waals surface area contributed by atoms with E-state index in [2.05, 4.69) is 118 Å². The number of nitrogens with zero attached hydrogens (tertiary/aromatic N) is 3. The highest BCUT2D eigenvalue weighted by Crippen LogP contribution is 2.48. The Morgan fingerprint density at radius 1 is 0.805 bits per heavy atom. The van der Waals surface area contributed by atoms with Crippen molar-refractivity contribution < 1.29 is 4.74 Å². The van der Waals surface area contributed by atoms with Gasteiger partial charge in [0.2, 0.25) is 0 Å². The number of benzene rings is 3. The number of fused-ring (bicyclic) bond motifs is 5. The lowest BCUT2D eigenvalue weighted by atomic mass is 9.82. The smallest absolute Gasteiger partial charge is 0.179 e. The largest absolute Gasteiger partial charge is 0.467 e. The zero-order valence-electron chi connectivity index (χ0n) is 22.7. The maximum atomic E-state index is 6.78. The Morgan fingerprint density at radius 2 is 1.54 bits per heavy atom. The second-order valence-corrected chi connectivity index (χ2v) is 11.0. The van der Waals surface area contributed by atoms with Crippen molar-refractivity contribution >= 4 is 27.5 Å². The second kappa shape index (κ2) is 9.20. The zero-order valence-corrected chi connectivity index (χ0v) is 22.7. The summed E-state index contributed by atoms with van der Waals surface area (Å²) in [7, 11) is 0. The van der Waals surface area contributed by atoms with Gasteiger partial charge in [-0.25, -0.2) is 0 Å². The minimum Gasteiger partial charge on any atom is -0.467 e. The molecular weight excluding hydrogens is 504 g/mol. The first kappa shape index (κ1) is 23.7. The average Bonchev–Trinajstić information content (AvgIpc) is 3.62. The first-order valence-corrected chi connectivity index (χ1v) is 14.0. The van der Waals surface area contributed by atoms with Crippen LogP contribution in [-0.2, 0) is 0 Å². The standard InChI is InChI=1S/C36H28N4O/c1-36(17-7-2-8-18-36)35-39-30-15-16-32-33(34(30)41-35)27-11-3-4-14-31(27)40(32)26-22-24(28-12-5-9-19-37-28)21-25(23-26)29-13-6-10-20-38-29/h2-17,19-23,35,39H,18H2,1H3. The van der Waals surface area contributed by atoms with Crippen molar-refractivity contribution in [2.75, 3.05) is 5.32 Å². The molecule has 1 aliphatic heterocycles. The van der Waals surface area contributed by atoms with Crippen LogP contribution in [0.15, 0.2) is 128 Å². The molecule has 0 radical (unpaired) electrons. The Morgan fingerprint density at radius 3 is 2.22 bits per heavy atom. The Kier molecular flexibility index (Phi) is 5.32. The van der Waals surface area contributed by atoms with Gasteiger partial charge in [-0.15, -0.1) is 0 Å². The summed E-state index contributed by atoms with van der Waals surface area (Å²) in [6.07, 6.45) is 13.1. The van der Waals surface area contributed by atoms with Gasteiger partial charge < -0.3 is 14.6 Å². The normalized spacial score (nSPS) is 19.3. The number of nitrogens with one attached hydrogen (secondary N) is 1. The van der Waals surface area contributed by atoms with Gasteiger partial charge in [-0.1, -0.05) is 61.6 Å². The van der Waals surface area contributed by atoms with Crippen molar-refractivity contribution in [1.29, 1.82) is 0 Å². The third-order valence-electron chi connectivity index (χ3n) is 8.29. The van der Waals surface area contributed by atoms with E-state index in [4.69, 9.17) is 4.74 Å². The molecule has 198 valence electrons. The lowest BCUT2D eigenvalue weighted by Crippen LogP contribution is -2.38. The molecule has 5 heteroatoms. The summed E-state index contributed by atoms with van der Waals surface area (Å²) in [5.74, 6) is 0.914. The van der Waals surface area contributed by atoms with Crippen molar-refractivity contribution in [3.63, 3.8) is 0 Å². The van der Waals surface area contributed by atoms with E-state index in [0.29, 0.717) is 0 Å². The van der Waals surface area contributed by atoms with Crippen LogP contribution in [0.1, 0.15) is 13.3 Å². The van der Waals surface area contributed by atoms with Crippen molar-refractivity contribution in [3.8, 4) is 34.0 Å². The fourth-order valence-corrected chi connectivity index (χ4v) is 6.17. The molecule has 0 saturated heterocycles. The molecule has 0 spiro atoms. The number of para-hydroxylation sites is 1. The highest BCUT2D eigenvalue weighted by Gasteiger charge is 2.39. The maximum absolute atomic E-state index is 6.78. The number of hydrogen-bond acceptors (Lipinski definition) is 4. The van der Waals surface area contributed by atoms with E-state index in [1.54, 1.807) is 0 Å². The van der Waals surface area contributed by atoms with E-state index < -0.39 is 0 Å². The molecule has 2 atom stereocenters. The molecule has 0 fully saturated rings. The monoisotopic (exact) mass is 532 g/mol. The molecule has 0 saturated carbocycles. The fourth-order valence-electron chi connectivity index (χ4n) is 6.17. The number of hydrogen-bond donors (Lipinski definition) is 1. The van der Waals surface area contributed by atoms with Crippen molar-refractivity contribution in [2.24, 2.45) is 5.41 Å². The Hall–Kier alpha value is -5.16. The SMILES string of the molecule is CC1(C2Nc3ccc4c(c3O2)c2ccccc2n4-c2cc(-c3ccccn3)cc(-c3ccccn3)c2)C=CC=CC1. The molecule has 0 amide bonds. The molecule has 1 N–H and O–H groups in total. The quantitative estimate of drug-likeness (QED) is 0.247. The highest BCUT2D eigenvalue weighted by molar-refractivity contribution is 6.14. The summed E-state index contributed by atoms with van der Waals surface area (Å²) in [4.78, 5) is 9.34. The molecule has 8 rings (SSSR count). The number of rotatable bonds is 4. The van der Waals surface area contributed by atoms with Gasteiger partial charge in [0.25, 0.3) is 0 Å². The molecule has 2 aliphatic rings. The Balaban J connectivity index is 1.35. The van der Waals surface area contributed by atoms with E-state index in [0.717, 1.165) is 67.9 Å². The van der Waals surface area contributed by atoms with Gasteiger partial charge in [0, 0.05) is 40.0 Å². The molecule has 2 unspecified atom stereocenters. The first-order valence-electron chi connectivity index (χ1n) is 14.0. The van der Waals surface area contributed by atoms with Crippen molar-refractivity contribution in [1.82, 2.24) is 14.5 Å². The lowest BCUT2D eigenvalue weighted by Gasteiger charge is -2.32. The van der Waals surface area contributed by atoms with Crippen LogP contribution in [0.2, 0.25) is 0 Å². The summed E-state index contributed by atoms with van der Waals surface area (Å²) in [5, 5.41) is 5.96. The van der Waals surface area contributed by atoms with E-state index in [-0.39, 0.29) is 11.6 Å². The van der Waals surface area contributed by atoms with Gasteiger partial charge in [-0.3, -0.25) is 9.97 Å². The van der Waals surface area contributed by atoms with Gasteiger partial charge in [0.1, 0.15) is 0 Å². The Bertz CT molecular complexity index is 1930. The lowest BCUT2D eigenvalue weighted by molar-refractivity contribution is 0.138. The van der Waals surface area contributed by atoms with Crippen LogP contribution in [0.4, 0.5) is 5.69 Å². The van der Waals surface area contributed by atoms with Crippen LogP contribution in [0.3, 0.4) is 0 Å². The highest BCUT2D eigenvalue weighted by atomic mass is 16.5. The van der Waals surface area contributed by atoms with E-state index in [1.165, 1.54) is 0 Å². The van der Waals surface area contributed by atoms with Crippen LogP contribution in [-0.4, -0.2) is 20.8 Å². The summed E-state index contributed by atoms with van der Waals surface area (Å²) in [5.41, 5.74) is 8.10. The van der Waals surface area contributed by atoms with Crippen LogP contribution >= 0.6 is 0 Å². The molecule has 4 heterocycles. The molecule has 3 aromatic heterocycles. The third kappa shape index (κ3) is 3.85. The molecular formula is C36H28N4O. The number of anilines is 1. The minimum atomic E-state index is -0.144. The van der Waals surface area contributed by atoms with E-state index in [9.17, 15) is 0 Å². The number of pyridine rings is 2. The van der Waals surface area contributed by atoms with Crippen molar-refractivity contribution in [2.45, 2.75) is 19.6 Å². The van der Waals surface area contributed by atoms with Gasteiger partial charge in [-0.2, -0.15) is 0 Å². The molecule has 3 aromatic carbocycles. The molecule has 5 nitrogen and oxygen atoms in total. The van der Waals surface area contributed by atoms with Gasteiger partial charge in [0.05, 0.1) is 33.5 Å². The molecule has 0 bridgehead atoms. The van der Waals surface area contributed by atoms with Crippen LogP contribution in [0, 0.1) is 5.41 Å². The van der Waals surface area contributed by atoms with Gasteiger partial charge in [0.15, 0.2) is 12.0 Å². The third-order valence-corrected chi connectivity index (χ3v) is 8.29. The molecule has 1 aliphatic carbocycles. The summed E-state index contributed by atoms with van der Waals surface area (Å²) in [6, 6.07) is 31.6. The predicted molar refractivity (Wildman–Crippen MR) is 166 cm³/mol. The van der Waals surface area contributed by atoms with Crippen LogP contribution in [0.5, 0.6) is 5.75 Å². The number of aromatic nitrogens is 3. The van der Waals surface area contributed by atoms with E-state index >= 15 is 0 Å². The number of allylic oxidation sites excluding steroid dienone is 3. The summed E-state index contributed by atoms with van der Waals surface area (Å²) in [6.45, 7) is 2.25. The fraction of sp³-hybridized carbons (Fsp3) is 0.111. The van der Waals surface area contributed by atoms with Crippen LogP contribution < -0.4 is 10.1 Å². The number of ether oxygens (including phenoxy) is 1. The molecule has 41 heavy (non-hydrogen) atoms. The topological polar surface area (TPSA) is 52.0 Å².